The largest absolute Gasteiger partial charge is 0.481 e. The molecule has 0 aliphatic carbocycles. The van der Waals surface area contributed by atoms with Gasteiger partial charge in [-0.3, -0.25) is 24.4 Å². The lowest BCUT2D eigenvalue weighted by molar-refractivity contribution is -0.142. The number of aliphatic carboxylic acids is 1. The van der Waals surface area contributed by atoms with Gasteiger partial charge in [0.1, 0.15) is 0 Å². The molecule has 1 aromatic carbocycles. The molecule has 8 nitrogen and oxygen atoms in total. The molecule has 34 heavy (non-hydrogen) atoms. The Balaban J connectivity index is 1.85. The first-order valence-electron chi connectivity index (χ1n) is 9.63. The number of carbonyl (C=O) groups excluding carboxylic acids is 2. The summed E-state index contributed by atoms with van der Waals surface area (Å²) < 4.78 is 0. The molecule has 0 fully saturated rings. The normalized spacial score (nSPS) is 12.5. The summed E-state index contributed by atoms with van der Waals surface area (Å²) in [6, 6.07) is 5.32. The monoisotopic (exact) mass is 540 g/mol. The number of carboxylic acids is 1. The minimum Gasteiger partial charge on any atom is -0.481 e. The lowest BCUT2D eigenvalue weighted by Crippen LogP contribution is -2.36. The van der Waals surface area contributed by atoms with Crippen molar-refractivity contribution in [3.8, 4) is 0 Å². The van der Waals surface area contributed by atoms with Crippen LogP contribution in [0.25, 0.3) is 0 Å². The zero-order valence-corrected chi connectivity index (χ0v) is 20.4. The number of amides is 2. The molecular formula is C22H16Cl4N4O4. The van der Waals surface area contributed by atoms with Gasteiger partial charge in [0, 0.05) is 30.5 Å². The van der Waals surface area contributed by atoms with Crippen molar-refractivity contribution in [3.63, 3.8) is 0 Å². The second-order valence-electron chi connectivity index (χ2n) is 7.11. The van der Waals surface area contributed by atoms with E-state index in [2.05, 4.69) is 20.6 Å². The van der Waals surface area contributed by atoms with Crippen molar-refractivity contribution in [2.24, 2.45) is 5.92 Å². The number of benzene rings is 1. The summed E-state index contributed by atoms with van der Waals surface area (Å²) >= 11 is 24.1. The first-order valence-corrected chi connectivity index (χ1v) is 11.1. The lowest BCUT2D eigenvalue weighted by Gasteiger charge is -2.23. The Morgan fingerprint density at radius 2 is 1.24 bits per heavy atom. The van der Waals surface area contributed by atoms with Crippen LogP contribution in [0.1, 0.15) is 39.2 Å². The Labute approximate surface area is 214 Å². The van der Waals surface area contributed by atoms with Gasteiger partial charge in [-0.25, -0.2) is 0 Å². The average Bonchev–Trinajstić information content (AvgIpc) is 2.77. The molecule has 3 N–H and O–H groups in total. The predicted molar refractivity (Wildman–Crippen MR) is 130 cm³/mol. The minimum absolute atomic E-state index is 0.0177. The van der Waals surface area contributed by atoms with Crippen molar-refractivity contribution >= 4 is 69.9 Å². The molecule has 0 saturated heterocycles. The highest BCUT2D eigenvalue weighted by Crippen LogP contribution is 2.28. The zero-order chi connectivity index (χ0) is 25.0. The average molecular weight is 542 g/mol. The fourth-order valence-electron chi connectivity index (χ4n) is 3.08. The van der Waals surface area contributed by atoms with Crippen molar-refractivity contribution in [1.29, 1.82) is 0 Å². The fraction of sp³-hybridized carbons (Fsp3) is 0.136. The van der Waals surface area contributed by atoms with Gasteiger partial charge >= 0.3 is 5.97 Å². The van der Waals surface area contributed by atoms with E-state index in [0.717, 1.165) is 0 Å². The lowest BCUT2D eigenvalue weighted by atomic mass is 9.94. The molecular weight excluding hydrogens is 526 g/mol. The van der Waals surface area contributed by atoms with Crippen molar-refractivity contribution in [2.45, 2.75) is 13.0 Å². The molecule has 176 valence electrons. The molecule has 0 bridgehead atoms. The van der Waals surface area contributed by atoms with Gasteiger partial charge in [0.2, 0.25) is 0 Å². The van der Waals surface area contributed by atoms with Crippen LogP contribution < -0.4 is 10.6 Å². The van der Waals surface area contributed by atoms with E-state index in [4.69, 9.17) is 46.4 Å². The van der Waals surface area contributed by atoms with Gasteiger partial charge in [-0.15, -0.1) is 0 Å². The zero-order valence-electron chi connectivity index (χ0n) is 17.4. The summed E-state index contributed by atoms with van der Waals surface area (Å²) in [5.41, 5.74) is 0.919. The highest BCUT2D eigenvalue weighted by atomic mass is 35.5. The van der Waals surface area contributed by atoms with Crippen LogP contribution in [0.2, 0.25) is 20.1 Å². The maximum Gasteiger partial charge on any atom is 0.308 e. The van der Waals surface area contributed by atoms with Gasteiger partial charge < -0.3 is 15.7 Å². The molecule has 2 unspecified atom stereocenters. The van der Waals surface area contributed by atoms with E-state index in [-0.39, 0.29) is 31.2 Å². The number of pyridine rings is 2. The molecule has 3 aromatic rings. The number of hydrogen-bond donors (Lipinski definition) is 3. The number of carbonyl (C=O) groups is 3. The SMILES string of the molecule is CC(C(=O)O)C(NC(=O)c1c(Cl)cncc1Cl)c1ccc(NC(=O)c2c(Cl)cncc2Cl)cc1. The number of nitrogens with zero attached hydrogens (tertiary/aromatic N) is 2. The van der Waals surface area contributed by atoms with Gasteiger partial charge in [0.05, 0.1) is 43.2 Å². The van der Waals surface area contributed by atoms with Gasteiger partial charge in [0.15, 0.2) is 0 Å². The van der Waals surface area contributed by atoms with Gasteiger partial charge in [-0.2, -0.15) is 0 Å². The summed E-state index contributed by atoms with van der Waals surface area (Å²) in [6.45, 7) is 1.45. The van der Waals surface area contributed by atoms with Crippen LogP contribution in [0, 0.1) is 5.92 Å². The number of hydrogen-bond acceptors (Lipinski definition) is 5. The molecule has 0 saturated carbocycles. The second-order valence-corrected chi connectivity index (χ2v) is 8.74. The molecule has 2 aromatic heterocycles. The Morgan fingerprint density at radius 1 is 0.794 bits per heavy atom. The number of anilines is 1. The van der Waals surface area contributed by atoms with Crippen LogP contribution in [0.5, 0.6) is 0 Å². The van der Waals surface area contributed by atoms with Crippen LogP contribution in [0.3, 0.4) is 0 Å². The van der Waals surface area contributed by atoms with E-state index >= 15 is 0 Å². The third-order valence-corrected chi connectivity index (χ3v) is 6.01. The maximum atomic E-state index is 12.8. The number of halogens is 4. The van der Waals surface area contributed by atoms with Gasteiger partial charge in [-0.05, 0) is 24.6 Å². The molecule has 2 atom stereocenters. The summed E-state index contributed by atoms with van der Waals surface area (Å²) in [4.78, 5) is 44.7. The molecule has 3 rings (SSSR count). The van der Waals surface area contributed by atoms with Crippen LogP contribution in [0.15, 0.2) is 49.1 Å². The number of carboxylic acid groups (broad SMARTS) is 1. The molecule has 2 amide bonds. The van der Waals surface area contributed by atoms with E-state index in [0.29, 0.717) is 11.3 Å². The van der Waals surface area contributed by atoms with E-state index in [1.165, 1.54) is 31.7 Å². The topological polar surface area (TPSA) is 121 Å². The standard InChI is InChI=1S/C22H16Cl4N4O4/c1-10(22(33)34)19(30-21(32)18-15(25)8-28-9-16(18)26)11-2-4-12(5-3-11)29-20(31)17-13(23)6-27-7-14(17)24/h2-10,19H,1H3,(H,29,31)(H,30,32)(H,33,34). The highest BCUT2D eigenvalue weighted by Gasteiger charge is 2.29. The predicted octanol–water partition coefficient (Wildman–Crippen LogP) is 5.53. The number of aromatic nitrogens is 2. The van der Waals surface area contributed by atoms with Gasteiger partial charge in [0.25, 0.3) is 11.8 Å². The smallest absolute Gasteiger partial charge is 0.308 e. The van der Waals surface area contributed by atoms with Crippen molar-refractivity contribution < 1.29 is 19.5 Å². The molecule has 0 spiro atoms. The van der Waals surface area contributed by atoms with Crippen LogP contribution in [-0.4, -0.2) is 32.9 Å². The molecule has 12 heteroatoms. The Morgan fingerprint density at radius 3 is 1.68 bits per heavy atom. The Hall–Kier alpha value is -2.91. The van der Waals surface area contributed by atoms with E-state index in [9.17, 15) is 19.5 Å². The number of rotatable bonds is 7. The quantitative estimate of drug-likeness (QED) is 0.361. The first kappa shape index (κ1) is 25.7. The van der Waals surface area contributed by atoms with Crippen LogP contribution in [-0.2, 0) is 4.79 Å². The van der Waals surface area contributed by atoms with Crippen LogP contribution >= 0.6 is 46.4 Å². The summed E-state index contributed by atoms with van der Waals surface area (Å²) in [7, 11) is 0. The Kier molecular flexibility index (Phi) is 8.33. The third kappa shape index (κ3) is 5.77. The fourth-order valence-corrected chi connectivity index (χ4v) is 4.15. The third-order valence-electron chi connectivity index (χ3n) is 4.86. The summed E-state index contributed by atoms with van der Waals surface area (Å²) in [5, 5.41) is 15.1. The van der Waals surface area contributed by atoms with Crippen molar-refractivity contribution in [3.05, 3.63) is 85.8 Å². The van der Waals surface area contributed by atoms with E-state index in [1.54, 1.807) is 24.3 Å². The Bertz CT molecular complexity index is 1210. The number of nitrogens with one attached hydrogen (secondary N) is 2. The van der Waals surface area contributed by atoms with Crippen LogP contribution in [0.4, 0.5) is 5.69 Å². The molecule has 0 aliphatic heterocycles. The summed E-state index contributed by atoms with van der Waals surface area (Å²) in [5.74, 6) is -3.33. The molecule has 0 radical (unpaired) electrons. The van der Waals surface area contributed by atoms with E-state index in [1.807, 2.05) is 0 Å². The molecule has 2 heterocycles. The maximum absolute atomic E-state index is 12.8. The molecule has 0 aliphatic rings. The second kappa shape index (κ2) is 11.0. The van der Waals surface area contributed by atoms with Gasteiger partial charge in [-0.1, -0.05) is 58.5 Å². The highest BCUT2D eigenvalue weighted by molar-refractivity contribution is 6.40. The summed E-state index contributed by atoms with van der Waals surface area (Å²) in [6.07, 6.45) is 5.12. The van der Waals surface area contributed by atoms with E-state index < -0.39 is 29.7 Å². The van der Waals surface area contributed by atoms with Crippen molar-refractivity contribution in [2.75, 3.05) is 5.32 Å². The minimum atomic E-state index is -1.13. The van der Waals surface area contributed by atoms with Crippen molar-refractivity contribution in [1.82, 2.24) is 15.3 Å². The first-order chi connectivity index (χ1) is 16.1.